The number of nitrogens with zero attached hydrogens (tertiary/aromatic N) is 4. The van der Waals surface area contributed by atoms with Gasteiger partial charge in [-0.15, -0.1) is 0 Å². The third-order valence-electron chi connectivity index (χ3n) is 1.05. The molecular formula is C6H7N5. The summed E-state index contributed by atoms with van der Waals surface area (Å²) >= 11 is 0. The average Bonchev–Trinajstić information content (AvgIpc) is 2.50. The van der Waals surface area contributed by atoms with Crippen LogP contribution in [0.2, 0.25) is 0 Å². The molecule has 0 radical (unpaired) electrons. The summed E-state index contributed by atoms with van der Waals surface area (Å²) in [5.74, 6) is 0.762. The summed E-state index contributed by atoms with van der Waals surface area (Å²) in [4.78, 5) is 9.42. The van der Waals surface area contributed by atoms with Crippen LogP contribution in [-0.4, -0.2) is 16.5 Å². The maximum atomic E-state index is 7.92. The fraction of sp³-hybridized carbons (Fsp3) is 0.167. The summed E-state index contributed by atoms with van der Waals surface area (Å²) in [6, 6.07) is 0. The first-order chi connectivity index (χ1) is 5.43. The summed E-state index contributed by atoms with van der Waals surface area (Å²) in [6.07, 6.45) is 6.88. The Hall–Kier alpha value is -1.74. The van der Waals surface area contributed by atoms with E-state index in [0.717, 1.165) is 5.82 Å². The number of hydrogen-bond acceptors (Lipinski definition) is 2. The summed E-state index contributed by atoms with van der Waals surface area (Å²) < 4.78 is 0. The van der Waals surface area contributed by atoms with Crippen LogP contribution in [0, 0.1) is 0 Å². The Bertz CT molecular complexity index is 267. The number of rotatable bonds is 3. The number of imidazole rings is 1. The molecule has 5 nitrogen and oxygen atoms in total. The Morgan fingerprint density at radius 3 is 3.36 bits per heavy atom. The van der Waals surface area contributed by atoms with E-state index >= 15 is 0 Å². The van der Waals surface area contributed by atoms with Gasteiger partial charge in [-0.3, -0.25) is 0 Å². The Labute approximate surface area is 63.4 Å². The highest BCUT2D eigenvalue weighted by Gasteiger charge is 1.82. The first kappa shape index (κ1) is 7.37. The molecule has 1 N–H and O–H groups in total. The summed E-state index contributed by atoms with van der Waals surface area (Å²) in [5, 5.41) is 3.32. The van der Waals surface area contributed by atoms with Crippen molar-refractivity contribution in [2.75, 3.05) is 6.54 Å². The van der Waals surface area contributed by atoms with Gasteiger partial charge in [0.2, 0.25) is 0 Å². The second kappa shape index (κ2) is 4.14. The van der Waals surface area contributed by atoms with Gasteiger partial charge >= 0.3 is 0 Å². The van der Waals surface area contributed by atoms with E-state index in [0.29, 0.717) is 6.54 Å². The molecule has 0 aliphatic rings. The smallest absolute Gasteiger partial charge is 0.129 e. The second-order valence-electron chi connectivity index (χ2n) is 1.79. The van der Waals surface area contributed by atoms with Crippen LogP contribution in [0.3, 0.4) is 0 Å². The Morgan fingerprint density at radius 1 is 1.82 bits per heavy atom. The quantitative estimate of drug-likeness (QED) is 0.396. The third kappa shape index (κ3) is 2.55. The van der Waals surface area contributed by atoms with Crippen molar-refractivity contribution in [3.63, 3.8) is 0 Å². The van der Waals surface area contributed by atoms with Crippen molar-refractivity contribution in [3.05, 3.63) is 34.7 Å². The predicted molar refractivity (Wildman–Crippen MR) is 41.6 cm³/mol. The van der Waals surface area contributed by atoms with Crippen LogP contribution in [-0.2, 0) is 0 Å². The summed E-state index contributed by atoms with van der Waals surface area (Å²) in [5.41, 5.74) is 7.92. The van der Waals surface area contributed by atoms with Gasteiger partial charge in [0.1, 0.15) is 5.82 Å². The highest BCUT2D eigenvalue weighted by Crippen LogP contribution is 1.91. The molecular weight excluding hydrogens is 142 g/mol. The lowest BCUT2D eigenvalue weighted by Gasteiger charge is -1.80. The minimum atomic E-state index is 0.358. The summed E-state index contributed by atoms with van der Waals surface area (Å²) in [6.45, 7) is 0.358. The molecule has 0 aromatic carbocycles. The van der Waals surface area contributed by atoms with Crippen molar-refractivity contribution in [2.24, 2.45) is 5.11 Å². The zero-order chi connectivity index (χ0) is 7.94. The number of aromatic amines is 1. The van der Waals surface area contributed by atoms with Crippen molar-refractivity contribution in [3.8, 4) is 0 Å². The lowest BCUT2D eigenvalue weighted by molar-refractivity contribution is 1.20. The van der Waals surface area contributed by atoms with Gasteiger partial charge in [-0.05, 0) is 11.6 Å². The van der Waals surface area contributed by atoms with E-state index in [4.69, 9.17) is 5.53 Å². The minimum Gasteiger partial charge on any atom is -0.345 e. The normalized spacial score (nSPS) is 9.82. The lowest BCUT2D eigenvalue weighted by atomic mass is 10.5. The molecule has 11 heavy (non-hydrogen) atoms. The zero-order valence-corrected chi connectivity index (χ0v) is 5.81. The molecule has 0 unspecified atom stereocenters. The molecule has 0 atom stereocenters. The van der Waals surface area contributed by atoms with Crippen molar-refractivity contribution in [2.45, 2.75) is 0 Å². The molecule has 0 saturated carbocycles. The number of aromatic nitrogens is 2. The van der Waals surface area contributed by atoms with Gasteiger partial charge in [-0.1, -0.05) is 11.2 Å². The molecule has 1 heterocycles. The molecule has 56 valence electrons. The van der Waals surface area contributed by atoms with Crippen LogP contribution in [0.4, 0.5) is 0 Å². The van der Waals surface area contributed by atoms with Gasteiger partial charge in [0.05, 0.1) is 0 Å². The number of hydrogen-bond donors (Lipinski definition) is 1. The molecule has 0 aliphatic heterocycles. The van der Waals surface area contributed by atoms with Crippen molar-refractivity contribution in [1.29, 1.82) is 0 Å². The number of H-pyrrole nitrogens is 1. The van der Waals surface area contributed by atoms with E-state index in [2.05, 4.69) is 20.0 Å². The largest absolute Gasteiger partial charge is 0.345 e. The molecule has 1 aromatic rings. The number of nitrogens with one attached hydrogen (secondary N) is 1. The van der Waals surface area contributed by atoms with Crippen molar-refractivity contribution < 1.29 is 0 Å². The second-order valence-corrected chi connectivity index (χ2v) is 1.79. The van der Waals surface area contributed by atoms with Crippen LogP contribution >= 0.6 is 0 Å². The molecule has 0 aliphatic carbocycles. The molecule has 1 rings (SSSR count). The van der Waals surface area contributed by atoms with Crippen LogP contribution in [0.5, 0.6) is 0 Å². The number of azide groups is 1. The molecule has 0 amide bonds. The molecule has 0 bridgehead atoms. The van der Waals surface area contributed by atoms with Crippen LogP contribution < -0.4 is 0 Å². The fourth-order valence-electron chi connectivity index (χ4n) is 0.617. The SMILES string of the molecule is [N-]=[N+]=NCC=Cc1ncc[nH]1. The molecule has 0 fully saturated rings. The van der Waals surface area contributed by atoms with E-state index in [1.54, 1.807) is 24.5 Å². The van der Waals surface area contributed by atoms with Crippen molar-refractivity contribution >= 4 is 6.08 Å². The fourth-order valence-corrected chi connectivity index (χ4v) is 0.617. The first-order valence-corrected chi connectivity index (χ1v) is 3.10. The highest BCUT2D eigenvalue weighted by molar-refractivity contribution is 5.39. The lowest BCUT2D eigenvalue weighted by Crippen LogP contribution is -1.73. The average molecular weight is 149 g/mol. The predicted octanol–water partition coefficient (Wildman–Crippen LogP) is 1.73. The molecule has 0 saturated heterocycles. The monoisotopic (exact) mass is 149 g/mol. The zero-order valence-electron chi connectivity index (χ0n) is 5.81. The molecule has 0 spiro atoms. The Balaban J connectivity index is 2.42. The highest BCUT2D eigenvalue weighted by atomic mass is 15.1. The maximum Gasteiger partial charge on any atom is 0.129 e. The maximum absolute atomic E-state index is 7.92. The van der Waals surface area contributed by atoms with Crippen LogP contribution in [0.15, 0.2) is 23.6 Å². The Kier molecular flexibility index (Phi) is 2.77. The standard InChI is InChI=1S/C6H7N5/c7-11-10-3-1-2-6-8-4-5-9-6/h1-2,4-5H,3H2,(H,8,9). The van der Waals surface area contributed by atoms with E-state index in [-0.39, 0.29) is 0 Å². The van der Waals surface area contributed by atoms with Gasteiger partial charge < -0.3 is 4.98 Å². The van der Waals surface area contributed by atoms with Crippen LogP contribution in [0.25, 0.3) is 16.5 Å². The third-order valence-corrected chi connectivity index (χ3v) is 1.05. The molecule has 5 heteroatoms. The minimum absolute atomic E-state index is 0.358. The van der Waals surface area contributed by atoms with Gasteiger partial charge in [-0.2, -0.15) is 0 Å². The van der Waals surface area contributed by atoms with E-state index in [9.17, 15) is 0 Å². The molecule has 1 aromatic heterocycles. The van der Waals surface area contributed by atoms with Crippen LogP contribution in [0.1, 0.15) is 5.82 Å². The van der Waals surface area contributed by atoms with Gasteiger partial charge in [0.25, 0.3) is 0 Å². The van der Waals surface area contributed by atoms with Gasteiger partial charge in [0.15, 0.2) is 0 Å². The van der Waals surface area contributed by atoms with E-state index < -0.39 is 0 Å². The van der Waals surface area contributed by atoms with Crippen molar-refractivity contribution in [1.82, 2.24) is 9.97 Å². The van der Waals surface area contributed by atoms with Gasteiger partial charge in [0, 0.05) is 23.9 Å². The van der Waals surface area contributed by atoms with E-state index in [1.807, 2.05) is 0 Å². The Morgan fingerprint density at radius 2 is 2.73 bits per heavy atom. The van der Waals surface area contributed by atoms with Gasteiger partial charge in [-0.25, -0.2) is 4.98 Å². The summed E-state index contributed by atoms with van der Waals surface area (Å²) in [7, 11) is 0. The van der Waals surface area contributed by atoms with E-state index in [1.165, 1.54) is 0 Å². The topological polar surface area (TPSA) is 77.4 Å². The first-order valence-electron chi connectivity index (χ1n) is 3.10.